The smallest absolute Gasteiger partial charge is 0.269 e. The van der Waals surface area contributed by atoms with Crippen LogP contribution in [0.5, 0.6) is 5.75 Å². The van der Waals surface area contributed by atoms with Gasteiger partial charge in [-0.2, -0.15) is 0 Å². The second-order valence-electron chi connectivity index (χ2n) is 5.86. The van der Waals surface area contributed by atoms with Crippen LogP contribution in [0, 0.1) is 5.92 Å². The first-order valence-electron chi connectivity index (χ1n) is 8.26. The van der Waals surface area contributed by atoms with E-state index >= 15 is 0 Å². The van der Waals surface area contributed by atoms with Crippen molar-refractivity contribution in [1.29, 1.82) is 0 Å². The average Bonchev–Trinajstić information content (AvgIpc) is 2.57. The molecule has 1 rings (SSSR count). The van der Waals surface area contributed by atoms with Crippen LogP contribution in [0.3, 0.4) is 0 Å². The normalized spacial score (nSPS) is 11.6. The Bertz CT molecular complexity index is 576. The van der Waals surface area contributed by atoms with E-state index < -0.39 is 5.91 Å². The molecular formula is C17H25Cl2N3O2S. The predicted molar refractivity (Wildman–Crippen MR) is 108 cm³/mol. The number of ether oxygens (including phenoxy) is 1. The molecule has 3 N–H and O–H groups in total. The summed E-state index contributed by atoms with van der Waals surface area (Å²) in [6.07, 6.45) is 4.83. The third kappa shape index (κ3) is 7.67. The van der Waals surface area contributed by atoms with E-state index in [-0.39, 0.29) is 10.0 Å². The molecule has 1 aromatic carbocycles. The quantitative estimate of drug-likeness (QED) is 0.341. The van der Waals surface area contributed by atoms with Gasteiger partial charge in [0.25, 0.3) is 5.91 Å². The number of methoxy groups -OCH3 is 1. The number of hydrogen-bond donors (Lipinski definition) is 3. The fourth-order valence-electron chi connectivity index (χ4n) is 2.23. The van der Waals surface area contributed by atoms with Crippen LogP contribution in [0.1, 0.15) is 49.9 Å². The van der Waals surface area contributed by atoms with Crippen molar-refractivity contribution in [3.63, 3.8) is 0 Å². The van der Waals surface area contributed by atoms with E-state index in [1.165, 1.54) is 38.5 Å². The first-order chi connectivity index (χ1) is 11.9. The minimum Gasteiger partial charge on any atom is -0.494 e. The summed E-state index contributed by atoms with van der Waals surface area (Å²) in [6.45, 7) is 5.12. The summed E-state index contributed by atoms with van der Waals surface area (Å²) in [5.41, 5.74) is 5.50. The number of halogens is 2. The van der Waals surface area contributed by atoms with Crippen molar-refractivity contribution >= 4 is 46.4 Å². The summed E-state index contributed by atoms with van der Waals surface area (Å²) in [4.78, 5) is 12.1. The van der Waals surface area contributed by atoms with E-state index in [1.54, 1.807) is 0 Å². The lowest BCUT2D eigenvalue weighted by Crippen LogP contribution is -2.47. The molecule has 1 aromatic rings. The molecule has 25 heavy (non-hydrogen) atoms. The summed E-state index contributed by atoms with van der Waals surface area (Å²) in [5.74, 6) is 0.454. The van der Waals surface area contributed by atoms with Crippen molar-refractivity contribution in [1.82, 2.24) is 16.2 Å². The van der Waals surface area contributed by atoms with Crippen LogP contribution in [-0.2, 0) is 0 Å². The Balaban J connectivity index is 2.42. The molecule has 5 nitrogen and oxygen atoms in total. The van der Waals surface area contributed by atoms with Crippen molar-refractivity contribution in [2.45, 2.75) is 39.5 Å². The molecule has 1 amide bonds. The molecule has 1 atom stereocenters. The van der Waals surface area contributed by atoms with Gasteiger partial charge in [0.15, 0.2) is 10.9 Å². The highest BCUT2D eigenvalue weighted by Gasteiger charge is 2.13. The van der Waals surface area contributed by atoms with Gasteiger partial charge in [-0.25, -0.2) is 0 Å². The molecule has 0 heterocycles. The molecule has 0 saturated carbocycles. The number of unbranched alkanes of at least 4 members (excludes halogenated alkanes) is 2. The van der Waals surface area contributed by atoms with Gasteiger partial charge >= 0.3 is 0 Å². The first kappa shape index (κ1) is 21.8. The second kappa shape index (κ2) is 11.4. The molecule has 0 saturated heterocycles. The Morgan fingerprint density at radius 3 is 2.44 bits per heavy atom. The molecule has 0 radical (unpaired) electrons. The number of thiocarbonyl (C=S) groups is 1. The number of rotatable bonds is 8. The Kier molecular flexibility index (Phi) is 9.93. The monoisotopic (exact) mass is 405 g/mol. The minimum absolute atomic E-state index is 0.266. The van der Waals surface area contributed by atoms with Crippen LogP contribution >= 0.6 is 35.4 Å². The Morgan fingerprint density at radius 1 is 1.24 bits per heavy atom. The van der Waals surface area contributed by atoms with E-state index in [2.05, 4.69) is 30.0 Å². The average molecular weight is 406 g/mol. The first-order valence-corrected chi connectivity index (χ1v) is 9.42. The number of hydrazine groups is 1. The zero-order chi connectivity index (χ0) is 18.8. The summed E-state index contributed by atoms with van der Waals surface area (Å²) in [6, 6.07) is 2.96. The third-order valence-corrected chi connectivity index (χ3v) is 4.47. The van der Waals surface area contributed by atoms with Crippen molar-refractivity contribution in [2.24, 2.45) is 5.92 Å². The van der Waals surface area contributed by atoms with Crippen LogP contribution in [0.2, 0.25) is 10.0 Å². The summed E-state index contributed by atoms with van der Waals surface area (Å²) in [5, 5.41) is 3.98. The number of amides is 1. The van der Waals surface area contributed by atoms with Gasteiger partial charge in [0.05, 0.1) is 17.2 Å². The highest BCUT2D eigenvalue weighted by atomic mass is 35.5. The number of nitrogens with one attached hydrogen (secondary N) is 3. The maximum Gasteiger partial charge on any atom is 0.269 e. The van der Waals surface area contributed by atoms with Crippen LogP contribution in [-0.4, -0.2) is 24.7 Å². The highest BCUT2D eigenvalue weighted by molar-refractivity contribution is 7.80. The third-order valence-electron chi connectivity index (χ3n) is 3.67. The minimum atomic E-state index is -0.397. The lowest BCUT2D eigenvalue weighted by molar-refractivity contribution is 0.0943. The van der Waals surface area contributed by atoms with Gasteiger partial charge in [-0.1, -0.05) is 56.3 Å². The van der Waals surface area contributed by atoms with E-state index in [4.69, 9.17) is 40.2 Å². The maximum absolute atomic E-state index is 12.1. The SMILES string of the molecule is CCCCC[C@H](C)CNC(=S)NNC(=O)c1cc(Cl)c(OC)c(Cl)c1. The zero-order valence-electron chi connectivity index (χ0n) is 14.7. The molecule has 0 bridgehead atoms. The molecule has 8 heteroatoms. The zero-order valence-corrected chi connectivity index (χ0v) is 17.1. The maximum atomic E-state index is 12.1. The van der Waals surface area contributed by atoms with Crippen LogP contribution in [0.4, 0.5) is 0 Å². The van der Waals surface area contributed by atoms with Gasteiger partial charge in [-0.3, -0.25) is 15.6 Å². The van der Waals surface area contributed by atoms with Crippen LogP contribution in [0.25, 0.3) is 0 Å². The highest BCUT2D eigenvalue weighted by Crippen LogP contribution is 2.33. The molecule has 0 aromatic heterocycles. The van der Waals surface area contributed by atoms with Gasteiger partial charge in [0.2, 0.25) is 0 Å². The molecular weight excluding hydrogens is 381 g/mol. The number of carbonyl (C=O) groups is 1. The molecule has 0 aliphatic rings. The summed E-state index contributed by atoms with van der Waals surface area (Å²) < 4.78 is 5.06. The van der Waals surface area contributed by atoms with Gasteiger partial charge in [-0.05, 0) is 36.7 Å². The van der Waals surface area contributed by atoms with E-state index in [0.717, 1.165) is 13.0 Å². The molecule has 140 valence electrons. The van der Waals surface area contributed by atoms with Gasteiger partial charge in [0, 0.05) is 12.1 Å². The van der Waals surface area contributed by atoms with Gasteiger partial charge in [0.1, 0.15) is 0 Å². The molecule has 0 unspecified atom stereocenters. The summed E-state index contributed by atoms with van der Waals surface area (Å²) >= 11 is 17.2. The summed E-state index contributed by atoms with van der Waals surface area (Å²) in [7, 11) is 1.46. The second-order valence-corrected chi connectivity index (χ2v) is 7.09. The largest absolute Gasteiger partial charge is 0.494 e. The van der Waals surface area contributed by atoms with Crippen molar-refractivity contribution < 1.29 is 9.53 Å². The Hall–Kier alpha value is -1.24. The van der Waals surface area contributed by atoms with Crippen molar-refractivity contribution in [3.05, 3.63) is 27.7 Å². The lowest BCUT2D eigenvalue weighted by Gasteiger charge is -2.16. The molecule has 0 spiro atoms. The number of carbonyl (C=O) groups excluding carboxylic acids is 1. The fourth-order valence-corrected chi connectivity index (χ4v) is 3.00. The Labute approximate surface area is 164 Å². The van der Waals surface area contributed by atoms with Crippen molar-refractivity contribution in [2.75, 3.05) is 13.7 Å². The van der Waals surface area contributed by atoms with Gasteiger partial charge < -0.3 is 10.1 Å². The Morgan fingerprint density at radius 2 is 1.88 bits per heavy atom. The number of hydrogen-bond acceptors (Lipinski definition) is 3. The van der Waals surface area contributed by atoms with E-state index in [1.807, 2.05) is 0 Å². The predicted octanol–water partition coefficient (Wildman–Crippen LogP) is 4.33. The fraction of sp³-hybridized carbons (Fsp3) is 0.529. The van der Waals surface area contributed by atoms with Crippen LogP contribution < -0.4 is 20.9 Å². The van der Waals surface area contributed by atoms with E-state index in [0.29, 0.717) is 22.3 Å². The van der Waals surface area contributed by atoms with Gasteiger partial charge in [-0.15, -0.1) is 0 Å². The lowest BCUT2D eigenvalue weighted by atomic mass is 10.0. The molecule has 0 fully saturated rings. The standard InChI is InChI=1S/C17H25Cl2N3O2S/c1-4-5-6-7-11(2)10-20-17(25)22-21-16(23)12-8-13(18)15(24-3)14(19)9-12/h8-9,11H,4-7,10H2,1-3H3,(H,21,23)(H2,20,22,25)/t11-/m0/s1. The van der Waals surface area contributed by atoms with Crippen molar-refractivity contribution in [3.8, 4) is 5.75 Å². The number of benzene rings is 1. The van der Waals surface area contributed by atoms with Crippen LogP contribution in [0.15, 0.2) is 12.1 Å². The molecule has 0 aliphatic heterocycles. The topological polar surface area (TPSA) is 62.4 Å². The molecule has 0 aliphatic carbocycles. The van der Waals surface area contributed by atoms with E-state index in [9.17, 15) is 4.79 Å².